The molecule has 0 unspecified atom stereocenters. The van der Waals surface area contributed by atoms with Gasteiger partial charge in [-0.2, -0.15) is 0 Å². The lowest BCUT2D eigenvalue weighted by Crippen LogP contribution is -2.37. The zero-order valence-electron chi connectivity index (χ0n) is 16.9. The van der Waals surface area contributed by atoms with Gasteiger partial charge in [0.1, 0.15) is 6.10 Å². The molecule has 0 saturated heterocycles. The second kappa shape index (κ2) is 7.76. The standard InChI is InChI=1S/C25H23NO5/c27-24(15-8-3-1-4-9-15)23(25(28)16-10-5-2-6-11-16)22-19-14-20(31-26(29)30)21(22)18-13-7-12-17(18)19/h1-12,17-23H,13-14H2/t17-,18+,19+,20-,21+,22+/m1/s1. The van der Waals surface area contributed by atoms with E-state index in [1.165, 1.54) is 0 Å². The largest absolute Gasteiger partial charge is 0.310 e. The third-order valence-corrected chi connectivity index (χ3v) is 7.41. The minimum Gasteiger partial charge on any atom is -0.310 e. The lowest BCUT2D eigenvalue weighted by atomic mass is 9.74. The highest BCUT2D eigenvalue weighted by Crippen LogP contribution is 2.63. The van der Waals surface area contributed by atoms with Crippen LogP contribution in [0.1, 0.15) is 33.6 Å². The molecule has 0 spiro atoms. The molecule has 6 atom stereocenters. The van der Waals surface area contributed by atoms with Crippen molar-refractivity contribution in [3.8, 4) is 0 Å². The van der Waals surface area contributed by atoms with Crippen molar-refractivity contribution in [1.82, 2.24) is 0 Å². The molecular formula is C25H23NO5. The van der Waals surface area contributed by atoms with Crippen LogP contribution in [0.3, 0.4) is 0 Å². The fourth-order valence-corrected chi connectivity index (χ4v) is 6.38. The Hall–Kier alpha value is -3.28. The van der Waals surface area contributed by atoms with Crippen LogP contribution in [0.2, 0.25) is 0 Å². The summed E-state index contributed by atoms with van der Waals surface area (Å²) in [5.41, 5.74) is 0.992. The number of fused-ring (bicyclic) bond motifs is 5. The summed E-state index contributed by atoms with van der Waals surface area (Å²) >= 11 is 0. The second-order valence-corrected chi connectivity index (χ2v) is 8.77. The molecule has 0 amide bonds. The first-order valence-electron chi connectivity index (χ1n) is 10.7. The van der Waals surface area contributed by atoms with Crippen molar-refractivity contribution in [1.29, 1.82) is 0 Å². The van der Waals surface area contributed by atoms with Gasteiger partial charge in [-0.15, -0.1) is 10.1 Å². The van der Waals surface area contributed by atoms with Crippen molar-refractivity contribution in [2.75, 3.05) is 0 Å². The van der Waals surface area contributed by atoms with Gasteiger partial charge in [-0.05, 0) is 42.4 Å². The van der Waals surface area contributed by atoms with E-state index in [0.29, 0.717) is 17.5 Å². The number of carbonyl (C=O) groups excluding carboxylic acids is 2. The van der Waals surface area contributed by atoms with Gasteiger partial charge in [0.15, 0.2) is 11.6 Å². The van der Waals surface area contributed by atoms with Crippen molar-refractivity contribution in [3.05, 3.63) is 94.1 Å². The molecular weight excluding hydrogens is 394 g/mol. The van der Waals surface area contributed by atoms with Gasteiger partial charge in [-0.25, -0.2) is 0 Å². The van der Waals surface area contributed by atoms with Gasteiger partial charge in [0.05, 0.1) is 5.92 Å². The van der Waals surface area contributed by atoms with E-state index in [4.69, 9.17) is 4.84 Å². The van der Waals surface area contributed by atoms with E-state index in [1.807, 2.05) is 12.1 Å². The van der Waals surface area contributed by atoms with Gasteiger partial charge in [0, 0.05) is 11.1 Å². The predicted octanol–water partition coefficient (Wildman–Crippen LogP) is 4.40. The monoisotopic (exact) mass is 417 g/mol. The summed E-state index contributed by atoms with van der Waals surface area (Å²) in [5, 5.41) is 10.4. The van der Waals surface area contributed by atoms with E-state index in [0.717, 1.165) is 6.42 Å². The van der Waals surface area contributed by atoms with Crippen LogP contribution in [0.4, 0.5) is 0 Å². The third kappa shape index (κ3) is 3.26. The summed E-state index contributed by atoms with van der Waals surface area (Å²) in [4.78, 5) is 43.6. The smallest absolute Gasteiger partial charge is 0.294 e. The average molecular weight is 417 g/mol. The summed E-state index contributed by atoms with van der Waals surface area (Å²) in [5.74, 6) is -1.31. The van der Waals surface area contributed by atoms with E-state index >= 15 is 0 Å². The van der Waals surface area contributed by atoms with Crippen LogP contribution in [0, 0.1) is 45.6 Å². The number of carbonyl (C=O) groups is 2. The van der Waals surface area contributed by atoms with Crippen LogP contribution in [0.25, 0.3) is 0 Å². The van der Waals surface area contributed by atoms with Crippen molar-refractivity contribution < 1.29 is 19.5 Å². The van der Waals surface area contributed by atoms with Crippen LogP contribution in [-0.4, -0.2) is 22.8 Å². The fraction of sp³-hybridized carbons (Fsp3) is 0.360. The Morgan fingerprint density at radius 2 is 1.52 bits per heavy atom. The Morgan fingerprint density at radius 1 is 0.935 bits per heavy atom. The molecule has 0 radical (unpaired) electrons. The molecule has 3 aliphatic carbocycles. The highest BCUT2D eigenvalue weighted by molar-refractivity contribution is 6.16. The summed E-state index contributed by atoms with van der Waals surface area (Å²) < 4.78 is 0. The molecule has 6 heteroatoms. The Morgan fingerprint density at radius 3 is 2.06 bits per heavy atom. The molecule has 158 valence electrons. The van der Waals surface area contributed by atoms with E-state index < -0.39 is 17.1 Å². The normalized spacial score (nSPS) is 30.4. The molecule has 0 aromatic heterocycles. The lowest BCUT2D eigenvalue weighted by Gasteiger charge is -2.30. The molecule has 2 aromatic carbocycles. The number of benzene rings is 2. The fourth-order valence-electron chi connectivity index (χ4n) is 6.38. The molecule has 2 bridgehead atoms. The quantitative estimate of drug-likeness (QED) is 0.219. The first-order valence-corrected chi connectivity index (χ1v) is 10.7. The molecule has 2 fully saturated rings. The highest BCUT2D eigenvalue weighted by Gasteiger charge is 2.63. The first-order chi connectivity index (χ1) is 15.1. The number of allylic oxidation sites excluding steroid dienone is 2. The molecule has 31 heavy (non-hydrogen) atoms. The Labute approximate surface area is 180 Å². The van der Waals surface area contributed by atoms with E-state index in [9.17, 15) is 19.7 Å². The van der Waals surface area contributed by atoms with Gasteiger partial charge in [-0.3, -0.25) is 9.59 Å². The molecule has 2 aromatic rings. The summed E-state index contributed by atoms with van der Waals surface area (Å²) in [6, 6.07) is 17.7. The van der Waals surface area contributed by atoms with Gasteiger partial charge < -0.3 is 4.84 Å². The number of nitrogens with zero attached hydrogens (tertiary/aromatic N) is 1. The number of Topliss-reactive ketones (excluding diaryl/α,β-unsaturated/α-hetero) is 2. The number of rotatable bonds is 7. The number of ketones is 2. The maximum atomic E-state index is 13.7. The first kappa shape index (κ1) is 19.7. The van der Waals surface area contributed by atoms with Crippen molar-refractivity contribution in [2.45, 2.75) is 18.9 Å². The summed E-state index contributed by atoms with van der Waals surface area (Å²) in [6.07, 6.45) is 5.03. The molecule has 2 saturated carbocycles. The second-order valence-electron chi connectivity index (χ2n) is 8.77. The van der Waals surface area contributed by atoms with Gasteiger partial charge in [-0.1, -0.05) is 72.8 Å². The van der Waals surface area contributed by atoms with E-state index in [2.05, 4.69) is 12.2 Å². The van der Waals surface area contributed by atoms with Crippen molar-refractivity contribution in [3.63, 3.8) is 0 Å². The van der Waals surface area contributed by atoms with Crippen molar-refractivity contribution >= 4 is 11.6 Å². The molecule has 5 rings (SSSR count). The minimum absolute atomic E-state index is 0.0176. The zero-order valence-corrected chi connectivity index (χ0v) is 16.9. The van der Waals surface area contributed by atoms with Crippen LogP contribution in [0.5, 0.6) is 0 Å². The number of hydrogen-bond donors (Lipinski definition) is 0. The minimum atomic E-state index is -0.876. The average Bonchev–Trinajstić information content (AvgIpc) is 3.46. The maximum Gasteiger partial charge on any atom is 0.294 e. The molecule has 0 heterocycles. The molecule has 6 nitrogen and oxygen atoms in total. The van der Waals surface area contributed by atoms with Crippen molar-refractivity contribution in [2.24, 2.45) is 35.5 Å². The molecule has 0 N–H and O–H groups in total. The lowest BCUT2D eigenvalue weighted by molar-refractivity contribution is -0.770. The van der Waals surface area contributed by atoms with Crippen LogP contribution < -0.4 is 0 Å². The Kier molecular flexibility index (Phi) is 4.93. The van der Waals surface area contributed by atoms with Gasteiger partial charge in [0.25, 0.3) is 5.09 Å². The predicted molar refractivity (Wildman–Crippen MR) is 113 cm³/mol. The summed E-state index contributed by atoms with van der Waals surface area (Å²) in [7, 11) is 0. The highest BCUT2D eigenvalue weighted by atomic mass is 17.0. The Bertz CT molecular complexity index is 983. The number of hydrogen-bond acceptors (Lipinski definition) is 5. The van der Waals surface area contributed by atoms with E-state index in [-0.39, 0.29) is 41.2 Å². The zero-order chi connectivity index (χ0) is 21.5. The maximum absolute atomic E-state index is 13.7. The third-order valence-electron chi connectivity index (χ3n) is 7.41. The van der Waals surface area contributed by atoms with Crippen LogP contribution >= 0.6 is 0 Å². The molecule has 0 aliphatic heterocycles. The Balaban J connectivity index is 1.57. The van der Waals surface area contributed by atoms with E-state index in [1.54, 1.807) is 48.5 Å². The van der Waals surface area contributed by atoms with Crippen LogP contribution in [-0.2, 0) is 4.84 Å². The molecule has 3 aliphatic rings. The van der Waals surface area contributed by atoms with Gasteiger partial charge in [0.2, 0.25) is 0 Å². The summed E-state index contributed by atoms with van der Waals surface area (Å²) in [6.45, 7) is 0. The SMILES string of the molecule is O=C(c1ccccc1)C(C(=O)c1ccccc1)[C@H]1[C@H]2C[C@@H](O[N+](=O)[O-])[C@@H]1[C@H]1CC=C[C@@H]21. The topological polar surface area (TPSA) is 86.5 Å². The van der Waals surface area contributed by atoms with Crippen LogP contribution in [0.15, 0.2) is 72.8 Å². The van der Waals surface area contributed by atoms with Gasteiger partial charge >= 0.3 is 0 Å².